The van der Waals surface area contributed by atoms with E-state index < -0.39 is 0 Å². The fraction of sp³-hybridized carbons (Fsp3) is 0.308. The van der Waals surface area contributed by atoms with Gasteiger partial charge in [-0.15, -0.1) is 0 Å². The van der Waals surface area contributed by atoms with Crippen molar-refractivity contribution in [1.29, 1.82) is 0 Å². The number of carbonyl (C=O) groups excluding carboxylic acids is 1. The van der Waals surface area contributed by atoms with Gasteiger partial charge in [0.05, 0.1) is 11.0 Å². The Bertz CT molecular complexity index is 588. The summed E-state index contributed by atoms with van der Waals surface area (Å²) in [5.41, 5.74) is 1.41. The van der Waals surface area contributed by atoms with Gasteiger partial charge in [-0.2, -0.15) is 0 Å². The smallest absolute Gasteiger partial charge is 0.225 e. The molecule has 100 valence electrons. The van der Waals surface area contributed by atoms with Crippen molar-refractivity contribution < 1.29 is 4.79 Å². The van der Waals surface area contributed by atoms with Gasteiger partial charge in [-0.25, -0.2) is 9.97 Å². The van der Waals surface area contributed by atoms with Crippen LogP contribution in [-0.2, 0) is 4.79 Å². The molecule has 1 amide bonds. The minimum absolute atomic E-state index is 0.110. The zero-order valence-corrected chi connectivity index (χ0v) is 11.4. The van der Waals surface area contributed by atoms with Crippen LogP contribution in [0.4, 0.5) is 5.82 Å². The van der Waals surface area contributed by atoms with Crippen LogP contribution >= 0.6 is 11.6 Å². The Kier molecular flexibility index (Phi) is 4.65. The minimum Gasteiger partial charge on any atom is -0.320 e. The molecule has 2 aromatic rings. The first-order valence-corrected chi connectivity index (χ1v) is 6.45. The fourth-order valence-electron chi connectivity index (χ4n) is 1.68. The Morgan fingerprint density at radius 1 is 1.26 bits per heavy atom. The molecule has 0 aliphatic carbocycles. The zero-order valence-electron chi connectivity index (χ0n) is 10.6. The number of nitrogens with zero attached hydrogens (tertiary/aromatic N) is 2. The molecule has 2 rings (SSSR count). The number of halogens is 1. The second kappa shape index (κ2) is 6.45. The molecular formula is C13H15ClN4O. The summed E-state index contributed by atoms with van der Waals surface area (Å²) in [6, 6.07) is 7.38. The third kappa shape index (κ3) is 3.62. The largest absolute Gasteiger partial charge is 0.320 e. The number of nitrogens with one attached hydrogen (secondary N) is 2. The summed E-state index contributed by atoms with van der Waals surface area (Å²) in [6.07, 6.45) is 1.19. The van der Waals surface area contributed by atoms with E-state index in [1.165, 1.54) is 0 Å². The molecule has 19 heavy (non-hydrogen) atoms. The second-order valence-corrected chi connectivity index (χ2v) is 4.47. The molecular weight excluding hydrogens is 264 g/mol. The maximum atomic E-state index is 11.7. The number of rotatable bonds is 5. The molecule has 0 saturated heterocycles. The van der Waals surface area contributed by atoms with Gasteiger partial charge in [-0.3, -0.25) is 4.79 Å². The number of anilines is 1. The molecule has 6 heteroatoms. The Hall–Kier alpha value is -1.72. The molecule has 0 bridgehead atoms. The van der Waals surface area contributed by atoms with Crippen LogP contribution in [0.25, 0.3) is 11.0 Å². The Morgan fingerprint density at radius 3 is 2.63 bits per heavy atom. The van der Waals surface area contributed by atoms with Crippen molar-refractivity contribution in [1.82, 2.24) is 15.3 Å². The highest BCUT2D eigenvalue weighted by Crippen LogP contribution is 2.21. The number of carbonyl (C=O) groups is 1. The van der Waals surface area contributed by atoms with E-state index in [-0.39, 0.29) is 11.1 Å². The van der Waals surface area contributed by atoms with E-state index in [1.54, 1.807) is 0 Å². The summed E-state index contributed by atoms with van der Waals surface area (Å²) in [5, 5.41) is 5.89. The van der Waals surface area contributed by atoms with Gasteiger partial charge in [-0.1, -0.05) is 23.7 Å². The molecule has 2 N–H and O–H groups in total. The van der Waals surface area contributed by atoms with E-state index in [1.807, 2.05) is 31.3 Å². The molecule has 1 aromatic carbocycles. The molecule has 5 nitrogen and oxygen atoms in total. The van der Waals surface area contributed by atoms with Gasteiger partial charge in [0.2, 0.25) is 5.91 Å². The van der Waals surface area contributed by atoms with Crippen LogP contribution in [0.2, 0.25) is 5.15 Å². The van der Waals surface area contributed by atoms with Gasteiger partial charge in [-0.05, 0) is 32.1 Å². The third-order valence-electron chi connectivity index (χ3n) is 2.62. The molecule has 1 heterocycles. The molecule has 0 saturated carbocycles. The predicted molar refractivity (Wildman–Crippen MR) is 76.3 cm³/mol. The molecule has 0 unspecified atom stereocenters. The van der Waals surface area contributed by atoms with E-state index in [2.05, 4.69) is 20.6 Å². The lowest BCUT2D eigenvalue weighted by molar-refractivity contribution is -0.116. The maximum absolute atomic E-state index is 11.7. The minimum atomic E-state index is -0.110. The van der Waals surface area contributed by atoms with Gasteiger partial charge < -0.3 is 10.6 Å². The first-order chi connectivity index (χ1) is 9.20. The van der Waals surface area contributed by atoms with Crippen LogP contribution in [0, 0.1) is 0 Å². The lowest BCUT2D eigenvalue weighted by Gasteiger charge is -2.07. The first kappa shape index (κ1) is 13.7. The van der Waals surface area contributed by atoms with Crippen molar-refractivity contribution in [3.05, 3.63) is 29.4 Å². The summed E-state index contributed by atoms with van der Waals surface area (Å²) in [5.74, 6) is 0.205. The second-order valence-electron chi connectivity index (χ2n) is 4.11. The first-order valence-electron chi connectivity index (χ1n) is 6.07. The number of hydrogen-bond acceptors (Lipinski definition) is 4. The number of aromatic nitrogens is 2. The average Bonchev–Trinajstić information content (AvgIpc) is 2.40. The number of benzene rings is 1. The quantitative estimate of drug-likeness (QED) is 0.823. The standard InChI is InChI=1S/C13H15ClN4O/c1-15-8-4-7-11(19)18-13-12(14)16-9-5-2-3-6-10(9)17-13/h2-3,5-6,15H,4,7-8H2,1H3,(H,17,18,19). The van der Waals surface area contributed by atoms with Crippen molar-refractivity contribution in [3.63, 3.8) is 0 Å². The van der Waals surface area contributed by atoms with Crippen LogP contribution in [-0.4, -0.2) is 29.5 Å². The van der Waals surface area contributed by atoms with E-state index in [4.69, 9.17) is 11.6 Å². The van der Waals surface area contributed by atoms with Crippen LogP contribution in [0.5, 0.6) is 0 Å². The molecule has 0 radical (unpaired) electrons. The van der Waals surface area contributed by atoms with Crippen molar-refractivity contribution in [2.24, 2.45) is 0 Å². The predicted octanol–water partition coefficient (Wildman–Crippen LogP) is 2.22. The van der Waals surface area contributed by atoms with Gasteiger partial charge in [0.25, 0.3) is 0 Å². The normalized spacial score (nSPS) is 10.6. The summed E-state index contributed by atoms with van der Waals surface area (Å²) in [6.45, 7) is 0.796. The van der Waals surface area contributed by atoms with Crippen LogP contribution in [0.15, 0.2) is 24.3 Å². The van der Waals surface area contributed by atoms with Crippen LogP contribution in [0.1, 0.15) is 12.8 Å². The zero-order chi connectivity index (χ0) is 13.7. The molecule has 0 aliphatic heterocycles. The maximum Gasteiger partial charge on any atom is 0.225 e. The summed E-state index contributed by atoms with van der Waals surface area (Å²) >= 11 is 6.01. The number of para-hydroxylation sites is 2. The topological polar surface area (TPSA) is 66.9 Å². The number of hydrogen-bond donors (Lipinski definition) is 2. The van der Waals surface area contributed by atoms with Gasteiger partial charge >= 0.3 is 0 Å². The Labute approximate surface area is 116 Å². The monoisotopic (exact) mass is 278 g/mol. The lowest BCUT2D eigenvalue weighted by Crippen LogP contribution is -2.16. The SMILES string of the molecule is CNCCCC(=O)Nc1nc2ccccc2nc1Cl. The molecule has 0 spiro atoms. The van der Waals surface area contributed by atoms with Crippen LogP contribution < -0.4 is 10.6 Å². The summed E-state index contributed by atoms with van der Waals surface area (Å²) < 4.78 is 0. The highest BCUT2D eigenvalue weighted by Gasteiger charge is 2.09. The van der Waals surface area contributed by atoms with E-state index in [0.29, 0.717) is 23.3 Å². The molecule has 0 fully saturated rings. The summed E-state index contributed by atoms with van der Waals surface area (Å²) in [7, 11) is 1.85. The molecule has 1 aromatic heterocycles. The third-order valence-corrected chi connectivity index (χ3v) is 2.88. The van der Waals surface area contributed by atoms with Crippen molar-refractivity contribution >= 4 is 34.4 Å². The molecule has 0 atom stereocenters. The summed E-state index contributed by atoms with van der Waals surface area (Å²) in [4.78, 5) is 20.2. The van der Waals surface area contributed by atoms with Crippen molar-refractivity contribution in [2.45, 2.75) is 12.8 Å². The van der Waals surface area contributed by atoms with E-state index in [9.17, 15) is 4.79 Å². The highest BCUT2D eigenvalue weighted by molar-refractivity contribution is 6.32. The van der Waals surface area contributed by atoms with Crippen molar-refractivity contribution in [2.75, 3.05) is 18.9 Å². The number of amides is 1. The van der Waals surface area contributed by atoms with E-state index in [0.717, 1.165) is 13.0 Å². The van der Waals surface area contributed by atoms with E-state index >= 15 is 0 Å². The highest BCUT2D eigenvalue weighted by atomic mass is 35.5. The molecule has 0 aliphatic rings. The lowest BCUT2D eigenvalue weighted by atomic mass is 10.3. The van der Waals surface area contributed by atoms with Gasteiger partial charge in [0, 0.05) is 6.42 Å². The van der Waals surface area contributed by atoms with Crippen molar-refractivity contribution in [3.8, 4) is 0 Å². The Balaban J connectivity index is 2.11. The van der Waals surface area contributed by atoms with Crippen LogP contribution in [0.3, 0.4) is 0 Å². The Morgan fingerprint density at radius 2 is 1.95 bits per heavy atom. The van der Waals surface area contributed by atoms with Gasteiger partial charge in [0.15, 0.2) is 11.0 Å². The average molecular weight is 279 g/mol. The fourth-order valence-corrected chi connectivity index (χ4v) is 1.86. The number of fused-ring (bicyclic) bond motifs is 1. The van der Waals surface area contributed by atoms with Gasteiger partial charge in [0.1, 0.15) is 0 Å².